The lowest BCUT2D eigenvalue weighted by atomic mass is 10.2. The lowest BCUT2D eigenvalue weighted by Crippen LogP contribution is -2.46. The molecule has 2 heterocycles. The number of rotatable bonds is 3. The zero-order valence-corrected chi connectivity index (χ0v) is 10.1. The molecule has 2 rings (SSSR count). The largest absolute Gasteiger partial charge is 0.378 e. The molecule has 1 aliphatic heterocycles. The Bertz CT molecular complexity index is 334. The van der Waals surface area contributed by atoms with Gasteiger partial charge in [0, 0.05) is 24.2 Å². The van der Waals surface area contributed by atoms with Crippen LogP contribution in [0.3, 0.4) is 0 Å². The van der Waals surface area contributed by atoms with Gasteiger partial charge < -0.3 is 15.0 Å². The average Bonchev–Trinajstić information content (AvgIpc) is 2.82. The van der Waals surface area contributed by atoms with Crippen LogP contribution < -0.4 is 5.32 Å². The second-order valence-electron chi connectivity index (χ2n) is 3.82. The molecule has 0 bridgehead atoms. The van der Waals surface area contributed by atoms with E-state index in [2.05, 4.69) is 5.32 Å². The van der Waals surface area contributed by atoms with E-state index in [9.17, 15) is 4.79 Å². The first-order valence-corrected chi connectivity index (χ1v) is 6.37. The minimum atomic E-state index is -0.173. The Morgan fingerprint density at radius 1 is 1.56 bits per heavy atom. The van der Waals surface area contributed by atoms with Crippen LogP contribution in [0.4, 0.5) is 5.69 Å². The number of anilines is 1. The number of thiophene rings is 1. The maximum atomic E-state index is 12.0. The summed E-state index contributed by atoms with van der Waals surface area (Å²) >= 11 is 1.62. The van der Waals surface area contributed by atoms with Gasteiger partial charge in [0.25, 0.3) is 0 Å². The molecule has 1 aliphatic rings. The van der Waals surface area contributed by atoms with Gasteiger partial charge in [-0.05, 0) is 18.4 Å². The van der Waals surface area contributed by atoms with E-state index < -0.39 is 0 Å². The van der Waals surface area contributed by atoms with Crippen LogP contribution in [-0.2, 0) is 9.53 Å². The molecule has 1 aromatic heterocycles. The van der Waals surface area contributed by atoms with Crippen molar-refractivity contribution >= 4 is 22.9 Å². The molecular formula is C11H16N2O2S. The molecule has 5 heteroatoms. The zero-order chi connectivity index (χ0) is 11.4. The SMILES string of the molecule is CC(Nc1ccsc1)C(=O)N1CCOCC1. The van der Waals surface area contributed by atoms with E-state index >= 15 is 0 Å². The molecule has 4 nitrogen and oxygen atoms in total. The van der Waals surface area contributed by atoms with Crippen LogP contribution in [0.2, 0.25) is 0 Å². The van der Waals surface area contributed by atoms with Gasteiger partial charge in [0.05, 0.1) is 13.2 Å². The molecule has 0 spiro atoms. The molecule has 0 radical (unpaired) electrons. The predicted molar refractivity (Wildman–Crippen MR) is 64.8 cm³/mol. The molecule has 0 saturated carbocycles. The highest BCUT2D eigenvalue weighted by atomic mass is 32.1. The molecule has 0 aliphatic carbocycles. The standard InChI is InChI=1S/C11H16N2O2S/c1-9(12-10-2-7-16-8-10)11(14)13-3-5-15-6-4-13/h2,7-9,12H,3-6H2,1H3. The van der Waals surface area contributed by atoms with Gasteiger partial charge in [0.2, 0.25) is 5.91 Å². The maximum Gasteiger partial charge on any atom is 0.244 e. The molecule has 1 atom stereocenters. The Kier molecular flexibility index (Phi) is 3.79. The lowest BCUT2D eigenvalue weighted by Gasteiger charge is -2.29. The average molecular weight is 240 g/mol. The van der Waals surface area contributed by atoms with Crippen molar-refractivity contribution in [3.8, 4) is 0 Å². The van der Waals surface area contributed by atoms with E-state index in [-0.39, 0.29) is 11.9 Å². The van der Waals surface area contributed by atoms with Crippen LogP contribution in [0.1, 0.15) is 6.92 Å². The van der Waals surface area contributed by atoms with Gasteiger partial charge in [-0.25, -0.2) is 0 Å². The number of carbonyl (C=O) groups is 1. The van der Waals surface area contributed by atoms with E-state index in [4.69, 9.17) is 4.74 Å². The molecule has 1 aromatic rings. The Hall–Kier alpha value is -1.07. The fourth-order valence-electron chi connectivity index (χ4n) is 1.72. The van der Waals surface area contributed by atoms with Crippen LogP contribution in [-0.4, -0.2) is 43.2 Å². The third kappa shape index (κ3) is 2.74. The smallest absolute Gasteiger partial charge is 0.244 e. The van der Waals surface area contributed by atoms with Crippen molar-refractivity contribution in [3.63, 3.8) is 0 Å². The lowest BCUT2D eigenvalue weighted by molar-refractivity contribution is -0.135. The Balaban J connectivity index is 1.88. The summed E-state index contributed by atoms with van der Waals surface area (Å²) < 4.78 is 5.22. The molecule has 88 valence electrons. The van der Waals surface area contributed by atoms with Gasteiger partial charge in [-0.3, -0.25) is 4.79 Å². The fourth-order valence-corrected chi connectivity index (χ4v) is 2.31. The van der Waals surface area contributed by atoms with E-state index in [0.717, 1.165) is 5.69 Å². The summed E-state index contributed by atoms with van der Waals surface area (Å²) in [4.78, 5) is 13.9. The summed E-state index contributed by atoms with van der Waals surface area (Å²) in [6.45, 7) is 4.60. The molecule has 1 fully saturated rings. The van der Waals surface area contributed by atoms with Crippen molar-refractivity contribution in [2.45, 2.75) is 13.0 Å². The number of hydrogen-bond acceptors (Lipinski definition) is 4. The normalized spacial score (nSPS) is 18.2. The molecule has 0 aromatic carbocycles. The zero-order valence-electron chi connectivity index (χ0n) is 9.31. The topological polar surface area (TPSA) is 41.6 Å². The van der Waals surface area contributed by atoms with Crippen LogP contribution in [0.15, 0.2) is 16.8 Å². The number of ether oxygens (including phenoxy) is 1. The van der Waals surface area contributed by atoms with E-state index in [1.807, 2.05) is 28.7 Å². The van der Waals surface area contributed by atoms with Crippen molar-refractivity contribution in [2.24, 2.45) is 0 Å². The fraction of sp³-hybridized carbons (Fsp3) is 0.545. The van der Waals surface area contributed by atoms with Gasteiger partial charge in [0.1, 0.15) is 6.04 Å². The molecule has 1 N–H and O–H groups in total. The van der Waals surface area contributed by atoms with Crippen molar-refractivity contribution in [2.75, 3.05) is 31.6 Å². The quantitative estimate of drug-likeness (QED) is 0.868. The minimum Gasteiger partial charge on any atom is -0.378 e. The van der Waals surface area contributed by atoms with E-state index in [1.54, 1.807) is 11.3 Å². The predicted octanol–water partition coefficient (Wildman–Crippen LogP) is 1.41. The molecular weight excluding hydrogens is 224 g/mol. The summed E-state index contributed by atoms with van der Waals surface area (Å²) in [5.74, 6) is 0.148. The number of hydrogen-bond donors (Lipinski definition) is 1. The maximum absolute atomic E-state index is 12.0. The second-order valence-corrected chi connectivity index (χ2v) is 4.60. The first-order valence-electron chi connectivity index (χ1n) is 5.42. The molecule has 16 heavy (non-hydrogen) atoms. The summed E-state index contributed by atoms with van der Waals surface area (Å²) in [6.07, 6.45) is 0. The van der Waals surface area contributed by atoms with Crippen LogP contribution >= 0.6 is 11.3 Å². The van der Waals surface area contributed by atoms with Crippen molar-refractivity contribution in [1.29, 1.82) is 0 Å². The number of amides is 1. The van der Waals surface area contributed by atoms with Crippen LogP contribution in [0, 0.1) is 0 Å². The van der Waals surface area contributed by atoms with Crippen LogP contribution in [0.5, 0.6) is 0 Å². The first kappa shape index (κ1) is 11.4. The molecule has 1 unspecified atom stereocenters. The summed E-state index contributed by atoms with van der Waals surface area (Å²) in [5.41, 5.74) is 1.01. The summed E-state index contributed by atoms with van der Waals surface area (Å²) in [5, 5.41) is 7.19. The summed E-state index contributed by atoms with van der Waals surface area (Å²) in [7, 11) is 0. The van der Waals surface area contributed by atoms with Gasteiger partial charge in [0.15, 0.2) is 0 Å². The van der Waals surface area contributed by atoms with Gasteiger partial charge in [-0.2, -0.15) is 11.3 Å². The Morgan fingerprint density at radius 3 is 2.94 bits per heavy atom. The highest BCUT2D eigenvalue weighted by Crippen LogP contribution is 2.14. The van der Waals surface area contributed by atoms with Crippen molar-refractivity contribution < 1.29 is 9.53 Å². The molecule has 1 amide bonds. The van der Waals surface area contributed by atoms with E-state index in [1.165, 1.54) is 0 Å². The first-order chi connectivity index (χ1) is 7.77. The number of morpholine rings is 1. The minimum absolute atomic E-state index is 0.148. The van der Waals surface area contributed by atoms with Crippen molar-refractivity contribution in [3.05, 3.63) is 16.8 Å². The van der Waals surface area contributed by atoms with Crippen molar-refractivity contribution in [1.82, 2.24) is 4.90 Å². The summed E-state index contributed by atoms with van der Waals surface area (Å²) in [6, 6.07) is 1.81. The Labute approximate surface area is 99.2 Å². The van der Waals surface area contributed by atoms with Gasteiger partial charge >= 0.3 is 0 Å². The Morgan fingerprint density at radius 2 is 2.31 bits per heavy atom. The third-order valence-corrected chi connectivity index (χ3v) is 3.28. The highest BCUT2D eigenvalue weighted by molar-refractivity contribution is 7.08. The highest BCUT2D eigenvalue weighted by Gasteiger charge is 2.22. The van der Waals surface area contributed by atoms with E-state index in [0.29, 0.717) is 26.3 Å². The molecule has 1 saturated heterocycles. The van der Waals surface area contributed by atoms with Gasteiger partial charge in [-0.15, -0.1) is 0 Å². The van der Waals surface area contributed by atoms with Crippen LogP contribution in [0.25, 0.3) is 0 Å². The second kappa shape index (κ2) is 5.32. The van der Waals surface area contributed by atoms with Gasteiger partial charge in [-0.1, -0.05) is 0 Å². The number of nitrogens with zero attached hydrogens (tertiary/aromatic N) is 1. The third-order valence-electron chi connectivity index (χ3n) is 2.60. The number of carbonyl (C=O) groups excluding carboxylic acids is 1. The number of nitrogens with one attached hydrogen (secondary N) is 1. The monoisotopic (exact) mass is 240 g/mol.